The minimum Gasteiger partial charge on any atom is -0.507 e. The minimum absolute atomic E-state index is 0.00163. The Bertz CT molecular complexity index is 1530. The maximum atomic E-state index is 14.3. The van der Waals surface area contributed by atoms with Crippen LogP contribution in [-0.2, 0) is 32.1 Å². The molecule has 4 N–H and O–H groups in total. The summed E-state index contributed by atoms with van der Waals surface area (Å²) in [6.07, 6.45) is 5.04. The van der Waals surface area contributed by atoms with E-state index in [1.54, 1.807) is 26.4 Å². The monoisotopic (exact) mass is 588 g/mol. The number of phenolic OH excluding ortho intramolecular Hbond substituents is 1. The molecule has 1 aromatic heterocycles. The lowest BCUT2D eigenvalue weighted by Gasteiger charge is -2.52. The molecule has 6 atom stereocenters. The molecule has 11 nitrogen and oxygen atoms in total. The number of pyridine rings is 1. The number of aliphatic hydroxyl groups is 1. The Morgan fingerprint density at radius 1 is 1.12 bits per heavy atom. The van der Waals surface area contributed by atoms with Gasteiger partial charge in [-0.3, -0.25) is 38.8 Å². The number of rotatable bonds is 5. The number of aromatic hydroxyl groups is 1. The molecule has 11 heteroatoms. The average Bonchev–Trinajstić information content (AvgIpc) is 2.97. The van der Waals surface area contributed by atoms with Crippen LogP contribution in [0.3, 0.4) is 0 Å². The van der Waals surface area contributed by atoms with Gasteiger partial charge < -0.3 is 15.9 Å². The number of nitrogens with two attached hydrogens (primary N) is 1. The summed E-state index contributed by atoms with van der Waals surface area (Å²) in [5.41, 5.74) is 5.04. The molecule has 226 valence electrons. The zero-order valence-electron chi connectivity index (χ0n) is 24.3. The summed E-state index contributed by atoms with van der Waals surface area (Å²) in [5, 5.41) is 23.4. The van der Waals surface area contributed by atoms with E-state index in [1.165, 1.54) is 4.90 Å². The lowest BCUT2D eigenvalue weighted by molar-refractivity contribution is -0.181. The Hall–Kier alpha value is -3.80. The molecular formula is C32H36N4O7. The standard InChI is InChI=1S/C32H36N4O7/c1-35(2)25-20-14-16-12-19-18(21-8-4-5-9-34-21)13-17(15-36-10-6-3-7-11-36)26(37)23(19)27(38)22(16)29(40)32(20,43)30(41)24(28(25)39)31(33)42/h4-5,8-9,13,16,20,22,24-25,37,43H,3,6-7,10-12,14-15H2,1-2H3,(H2,33,42)/t16-,20-,22?,24?,25-,32-/m0/s1. The molecule has 2 unspecified atom stereocenters. The number of fused-ring (bicyclic) bond motifs is 3. The predicted octanol–water partition coefficient (Wildman–Crippen LogP) is 0.915. The number of primary amides is 1. The van der Waals surface area contributed by atoms with Crippen molar-refractivity contribution < 1.29 is 34.2 Å². The van der Waals surface area contributed by atoms with Gasteiger partial charge in [0.15, 0.2) is 34.7 Å². The average molecular weight is 589 g/mol. The van der Waals surface area contributed by atoms with E-state index < -0.39 is 64.4 Å². The van der Waals surface area contributed by atoms with E-state index in [1.807, 2.05) is 18.2 Å². The third kappa shape index (κ3) is 4.44. The van der Waals surface area contributed by atoms with Crippen molar-refractivity contribution in [3.63, 3.8) is 0 Å². The van der Waals surface area contributed by atoms with Crippen LogP contribution in [0.4, 0.5) is 0 Å². The molecule has 0 spiro atoms. The second-order valence-corrected chi connectivity index (χ2v) is 12.6. The molecule has 2 aromatic rings. The van der Waals surface area contributed by atoms with Crippen LogP contribution in [-0.4, -0.2) is 92.9 Å². The number of hydrogen-bond donors (Lipinski definition) is 3. The van der Waals surface area contributed by atoms with Gasteiger partial charge in [0.1, 0.15) is 5.75 Å². The Labute approximate surface area is 249 Å². The molecule has 2 saturated carbocycles. The molecule has 0 bridgehead atoms. The summed E-state index contributed by atoms with van der Waals surface area (Å²) in [7, 11) is 3.13. The number of carbonyl (C=O) groups excluding carboxylic acids is 5. The van der Waals surface area contributed by atoms with Crippen molar-refractivity contribution >= 4 is 29.0 Å². The van der Waals surface area contributed by atoms with Gasteiger partial charge in [0.2, 0.25) is 5.91 Å². The molecule has 1 aliphatic heterocycles. The van der Waals surface area contributed by atoms with Crippen molar-refractivity contribution in [3.05, 3.63) is 47.2 Å². The highest BCUT2D eigenvalue weighted by molar-refractivity contribution is 6.32. The summed E-state index contributed by atoms with van der Waals surface area (Å²) in [5.74, 6) is -10.5. The molecular weight excluding hydrogens is 552 g/mol. The van der Waals surface area contributed by atoms with Crippen LogP contribution >= 0.6 is 0 Å². The number of carbonyl (C=O) groups is 5. The Kier molecular flexibility index (Phi) is 7.30. The van der Waals surface area contributed by atoms with Crippen molar-refractivity contribution in [2.45, 2.75) is 50.3 Å². The fourth-order valence-corrected chi connectivity index (χ4v) is 7.96. The van der Waals surface area contributed by atoms with Crippen LogP contribution in [0.5, 0.6) is 5.75 Å². The third-order valence-corrected chi connectivity index (χ3v) is 9.92. The Balaban J connectivity index is 1.49. The van der Waals surface area contributed by atoms with E-state index in [9.17, 15) is 34.2 Å². The Morgan fingerprint density at radius 3 is 2.47 bits per heavy atom. The fourth-order valence-electron chi connectivity index (χ4n) is 7.96. The second-order valence-electron chi connectivity index (χ2n) is 12.6. The third-order valence-electron chi connectivity index (χ3n) is 9.92. The maximum Gasteiger partial charge on any atom is 0.235 e. The van der Waals surface area contributed by atoms with Crippen molar-refractivity contribution in [1.29, 1.82) is 0 Å². The summed E-state index contributed by atoms with van der Waals surface area (Å²) >= 11 is 0. The first-order chi connectivity index (χ1) is 20.5. The number of aromatic nitrogens is 1. The number of phenols is 1. The normalized spacial score (nSPS) is 31.0. The van der Waals surface area contributed by atoms with Gasteiger partial charge in [-0.2, -0.15) is 0 Å². The van der Waals surface area contributed by atoms with Crippen LogP contribution in [0.25, 0.3) is 11.3 Å². The van der Waals surface area contributed by atoms with Gasteiger partial charge in [0.05, 0.1) is 23.2 Å². The maximum absolute atomic E-state index is 14.3. The summed E-state index contributed by atoms with van der Waals surface area (Å²) < 4.78 is 0. The van der Waals surface area contributed by atoms with E-state index in [2.05, 4.69) is 9.88 Å². The molecule has 4 aliphatic rings. The molecule has 1 amide bonds. The highest BCUT2D eigenvalue weighted by Gasteiger charge is 2.69. The van der Waals surface area contributed by atoms with Crippen molar-refractivity contribution in [3.8, 4) is 17.0 Å². The highest BCUT2D eigenvalue weighted by atomic mass is 16.3. The fraction of sp³-hybridized carbons (Fsp3) is 0.500. The Morgan fingerprint density at radius 2 is 1.84 bits per heavy atom. The number of Topliss-reactive ketones (excluding diaryl/α,β-unsaturated/α-hetero) is 4. The van der Waals surface area contributed by atoms with Gasteiger partial charge >= 0.3 is 0 Å². The first-order valence-electron chi connectivity index (χ1n) is 14.8. The quantitative estimate of drug-likeness (QED) is 0.427. The van der Waals surface area contributed by atoms with E-state index in [4.69, 9.17) is 5.73 Å². The number of likely N-dealkylation sites (N-methyl/N-ethyl adjacent to an activating group) is 1. The van der Waals surface area contributed by atoms with Gasteiger partial charge in [0, 0.05) is 29.8 Å². The molecule has 6 rings (SSSR count). The van der Waals surface area contributed by atoms with Crippen LogP contribution in [0, 0.1) is 23.7 Å². The van der Waals surface area contributed by atoms with Gasteiger partial charge in [-0.15, -0.1) is 0 Å². The first kappa shape index (κ1) is 29.3. The van der Waals surface area contributed by atoms with Gasteiger partial charge in [-0.25, -0.2) is 0 Å². The summed E-state index contributed by atoms with van der Waals surface area (Å²) in [4.78, 5) is 75.8. The van der Waals surface area contributed by atoms with E-state index >= 15 is 0 Å². The second kappa shape index (κ2) is 10.7. The molecule has 1 aromatic carbocycles. The largest absolute Gasteiger partial charge is 0.507 e. The van der Waals surface area contributed by atoms with Crippen LogP contribution in [0.15, 0.2) is 30.5 Å². The van der Waals surface area contributed by atoms with E-state index in [0.717, 1.165) is 32.4 Å². The molecule has 43 heavy (non-hydrogen) atoms. The topological polar surface area (TPSA) is 171 Å². The smallest absolute Gasteiger partial charge is 0.235 e. The van der Waals surface area contributed by atoms with Gasteiger partial charge in [0.25, 0.3) is 0 Å². The lowest BCUT2D eigenvalue weighted by atomic mass is 9.52. The predicted molar refractivity (Wildman–Crippen MR) is 154 cm³/mol. The number of benzene rings is 1. The number of likely N-dealkylation sites (tertiary alicyclic amines) is 1. The van der Waals surface area contributed by atoms with Crippen LogP contribution < -0.4 is 5.73 Å². The van der Waals surface area contributed by atoms with Crippen molar-refractivity contribution in [2.75, 3.05) is 27.2 Å². The number of ketones is 4. The molecule has 2 heterocycles. The first-order valence-corrected chi connectivity index (χ1v) is 14.8. The number of amides is 1. The number of nitrogens with zero attached hydrogens (tertiary/aromatic N) is 3. The van der Waals surface area contributed by atoms with E-state index in [-0.39, 0.29) is 24.2 Å². The molecule has 0 radical (unpaired) electrons. The minimum atomic E-state index is -2.75. The van der Waals surface area contributed by atoms with Gasteiger partial charge in [-0.1, -0.05) is 12.5 Å². The van der Waals surface area contributed by atoms with Gasteiger partial charge in [-0.05, 0) is 82.5 Å². The summed E-state index contributed by atoms with van der Waals surface area (Å²) in [6.45, 7) is 2.12. The van der Waals surface area contributed by atoms with Crippen LogP contribution in [0.1, 0.15) is 47.2 Å². The molecule has 3 fully saturated rings. The zero-order valence-corrected chi connectivity index (χ0v) is 24.3. The molecule has 3 aliphatic carbocycles. The SMILES string of the molecule is CN(C)[C@@H]1C(=O)C(C(N)=O)C(=O)[C@@]2(O)C(=O)C3C(=O)c4c(O)c(CN5CCCCC5)cc(-c5ccccn5)c4C[C@H]3C[C@@H]12. The highest BCUT2D eigenvalue weighted by Crippen LogP contribution is 2.52. The van der Waals surface area contributed by atoms with E-state index in [0.29, 0.717) is 28.9 Å². The summed E-state index contributed by atoms with van der Waals surface area (Å²) in [6, 6.07) is 6.17. The van der Waals surface area contributed by atoms with Crippen molar-refractivity contribution in [1.82, 2.24) is 14.8 Å². The number of hydrogen-bond acceptors (Lipinski definition) is 10. The van der Waals surface area contributed by atoms with Crippen molar-refractivity contribution in [2.24, 2.45) is 29.4 Å². The lowest BCUT2D eigenvalue weighted by Crippen LogP contribution is -2.74. The van der Waals surface area contributed by atoms with Crippen LogP contribution in [0.2, 0.25) is 0 Å². The molecule has 1 saturated heterocycles. The zero-order chi connectivity index (χ0) is 30.8. The number of piperidine rings is 1.